The highest BCUT2D eigenvalue weighted by atomic mass is 16.5. The molecule has 0 bridgehead atoms. The summed E-state index contributed by atoms with van der Waals surface area (Å²) in [4.78, 5) is 0. The normalized spacial score (nSPS) is 27.7. The van der Waals surface area contributed by atoms with Crippen molar-refractivity contribution in [1.29, 1.82) is 0 Å². The van der Waals surface area contributed by atoms with Crippen LogP contribution < -0.4 is 10.5 Å². The van der Waals surface area contributed by atoms with E-state index >= 15 is 0 Å². The van der Waals surface area contributed by atoms with Crippen LogP contribution in [0.5, 0.6) is 5.75 Å². The Morgan fingerprint density at radius 1 is 1.35 bits per heavy atom. The average Bonchev–Trinajstić information content (AvgIpc) is 2.67. The molecule has 1 aromatic rings. The first-order valence-electron chi connectivity index (χ1n) is 7.63. The van der Waals surface area contributed by atoms with E-state index in [0.29, 0.717) is 11.5 Å². The second-order valence-electron chi connectivity index (χ2n) is 7.29. The Hall–Kier alpha value is -1.28. The summed E-state index contributed by atoms with van der Waals surface area (Å²) in [6.07, 6.45) is 6.84. The van der Waals surface area contributed by atoms with Gasteiger partial charge in [-0.15, -0.1) is 0 Å². The molecule has 2 nitrogen and oxygen atoms in total. The minimum absolute atomic E-state index is 0.208. The molecule has 0 saturated heterocycles. The van der Waals surface area contributed by atoms with Crippen molar-refractivity contribution in [3.05, 3.63) is 41.0 Å². The lowest BCUT2D eigenvalue weighted by Gasteiger charge is -2.33. The summed E-state index contributed by atoms with van der Waals surface area (Å²) in [5.41, 5.74) is 10.6. The molecular formula is C18H25NO. The molecule has 2 N–H and O–H groups in total. The molecule has 20 heavy (non-hydrogen) atoms. The molecule has 0 amide bonds. The lowest BCUT2D eigenvalue weighted by molar-refractivity contribution is 0.220. The molecule has 0 saturated carbocycles. The van der Waals surface area contributed by atoms with Gasteiger partial charge in [0.15, 0.2) is 0 Å². The number of benzene rings is 1. The topological polar surface area (TPSA) is 35.2 Å². The molecular weight excluding hydrogens is 246 g/mol. The third-order valence-electron chi connectivity index (χ3n) is 4.39. The number of fused-ring (bicyclic) bond motifs is 1. The van der Waals surface area contributed by atoms with Crippen LogP contribution >= 0.6 is 0 Å². The van der Waals surface area contributed by atoms with Gasteiger partial charge in [-0.2, -0.15) is 0 Å². The Morgan fingerprint density at radius 3 is 2.90 bits per heavy atom. The molecule has 2 aliphatic rings. The number of hydrogen-bond acceptors (Lipinski definition) is 2. The molecule has 1 aliphatic heterocycles. The third kappa shape index (κ3) is 2.90. The van der Waals surface area contributed by atoms with E-state index in [2.05, 4.69) is 45.0 Å². The Labute approximate surface area is 122 Å². The van der Waals surface area contributed by atoms with Gasteiger partial charge in [-0.05, 0) is 36.8 Å². The minimum atomic E-state index is 0.208. The number of aryl methyl sites for hydroxylation is 1. The maximum Gasteiger partial charge on any atom is 0.123 e. The van der Waals surface area contributed by atoms with E-state index in [0.717, 1.165) is 31.4 Å². The Balaban J connectivity index is 1.69. The summed E-state index contributed by atoms with van der Waals surface area (Å²) in [6.45, 7) is 6.76. The molecule has 1 aromatic carbocycles. The van der Waals surface area contributed by atoms with Gasteiger partial charge in [0, 0.05) is 18.9 Å². The van der Waals surface area contributed by atoms with Gasteiger partial charge in [-0.25, -0.2) is 0 Å². The third-order valence-corrected chi connectivity index (χ3v) is 4.39. The molecule has 0 radical (unpaired) electrons. The molecule has 0 spiro atoms. The maximum atomic E-state index is 6.16. The van der Waals surface area contributed by atoms with Crippen molar-refractivity contribution in [2.45, 2.75) is 58.6 Å². The van der Waals surface area contributed by atoms with Gasteiger partial charge in [0.1, 0.15) is 11.9 Å². The van der Waals surface area contributed by atoms with Crippen molar-refractivity contribution in [1.82, 2.24) is 0 Å². The molecule has 1 heterocycles. The molecule has 3 rings (SSSR count). The van der Waals surface area contributed by atoms with Crippen LogP contribution in [0.3, 0.4) is 0 Å². The molecule has 2 heteroatoms. The molecule has 108 valence electrons. The summed E-state index contributed by atoms with van der Waals surface area (Å²) >= 11 is 0. The second-order valence-corrected chi connectivity index (χ2v) is 7.29. The summed E-state index contributed by atoms with van der Waals surface area (Å²) in [5, 5.41) is 0. The van der Waals surface area contributed by atoms with E-state index in [4.69, 9.17) is 10.5 Å². The van der Waals surface area contributed by atoms with Crippen molar-refractivity contribution < 1.29 is 4.74 Å². The van der Waals surface area contributed by atoms with Crippen LogP contribution in [0, 0.1) is 12.3 Å². The van der Waals surface area contributed by atoms with Crippen LogP contribution in [0.2, 0.25) is 0 Å². The summed E-state index contributed by atoms with van der Waals surface area (Å²) < 4.78 is 6.09. The van der Waals surface area contributed by atoms with Crippen LogP contribution in [-0.2, 0) is 6.42 Å². The molecule has 1 aliphatic carbocycles. The van der Waals surface area contributed by atoms with E-state index in [9.17, 15) is 0 Å². The van der Waals surface area contributed by atoms with Crippen LogP contribution in [0.15, 0.2) is 29.8 Å². The summed E-state index contributed by atoms with van der Waals surface area (Å²) in [6, 6.07) is 6.69. The van der Waals surface area contributed by atoms with E-state index < -0.39 is 0 Å². The highest BCUT2D eigenvalue weighted by molar-refractivity contribution is 5.40. The maximum absolute atomic E-state index is 6.16. The Morgan fingerprint density at radius 2 is 2.15 bits per heavy atom. The largest absolute Gasteiger partial charge is 0.489 e. The van der Waals surface area contributed by atoms with E-state index in [1.165, 1.54) is 16.7 Å². The monoisotopic (exact) mass is 271 g/mol. The fourth-order valence-corrected chi connectivity index (χ4v) is 3.74. The van der Waals surface area contributed by atoms with Gasteiger partial charge < -0.3 is 10.5 Å². The molecule has 2 atom stereocenters. The van der Waals surface area contributed by atoms with Crippen molar-refractivity contribution in [2.24, 2.45) is 11.1 Å². The second kappa shape index (κ2) is 4.92. The fraction of sp³-hybridized carbons (Fsp3) is 0.556. The van der Waals surface area contributed by atoms with Crippen molar-refractivity contribution in [3.8, 4) is 5.75 Å². The van der Waals surface area contributed by atoms with Crippen LogP contribution in [0.25, 0.3) is 0 Å². The molecule has 0 aromatic heterocycles. The van der Waals surface area contributed by atoms with Gasteiger partial charge >= 0.3 is 0 Å². The first-order valence-corrected chi connectivity index (χ1v) is 7.63. The first-order chi connectivity index (χ1) is 9.41. The van der Waals surface area contributed by atoms with E-state index in [1.807, 2.05) is 0 Å². The van der Waals surface area contributed by atoms with Crippen molar-refractivity contribution in [3.63, 3.8) is 0 Å². The lowest BCUT2D eigenvalue weighted by atomic mass is 9.74. The Kier molecular flexibility index (Phi) is 3.37. The van der Waals surface area contributed by atoms with Crippen LogP contribution in [0.1, 0.15) is 44.2 Å². The smallest absolute Gasteiger partial charge is 0.123 e. The minimum Gasteiger partial charge on any atom is -0.489 e. The average molecular weight is 271 g/mol. The van der Waals surface area contributed by atoms with Gasteiger partial charge in [0.2, 0.25) is 0 Å². The zero-order valence-corrected chi connectivity index (χ0v) is 12.8. The lowest BCUT2D eigenvalue weighted by Crippen LogP contribution is -2.32. The van der Waals surface area contributed by atoms with Gasteiger partial charge in [0.25, 0.3) is 0 Å². The Bertz CT molecular complexity index is 544. The number of hydrogen-bond donors (Lipinski definition) is 1. The van der Waals surface area contributed by atoms with Crippen molar-refractivity contribution >= 4 is 0 Å². The number of ether oxygens (including phenoxy) is 1. The fourth-order valence-electron chi connectivity index (χ4n) is 3.74. The highest BCUT2D eigenvalue weighted by Gasteiger charge is 2.30. The predicted molar refractivity (Wildman–Crippen MR) is 83.0 cm³/mol. The predicted octanol–water partition coefficient (Wildman–Crippen LogP) is 3.76. The zero-order valence-electron chi connectivity index (χ0n) is 12.8. The summed E-state index contributed by atoms with van der Waals surface area (Å²) in [7, 11) is 0. The van der Waals surface area contributed by atoms with Crippen molar-refractivity contribution in [2.75, 3.05) is 0 Å². The molecule has 0 fully saturated rings. The molecule has 2 unspecified atom stereocenters. The van der Waals surface area contributed by atoms with Crippen LogP contribution in [0.4, 0.5) is 0 Å². The van der Waals surface area contributed by atoms with Gasteiger partial charge in [-0.3, -0.25) is 0 Å². The number of rotatable bonds is 2. The quantitative estimate of drug-likeness (QED) is 0.831. The van der Waals surface area contributed by atoms with Gasteiger partial charge in [0.05, 0.1) is 0 Å². The zero-order chi connectivity index (χ0) is 14.3. The highest BCUT2D eigenvalue weighted by Crippen LogP contribution is 2.38. The van der Waals surface area contributed by atoms with E-state index in [1.54, 1.807) is 0 Å². The standard InChI is InChI=1S/C18H25NO/c1-12-4-5-17-14(6-12)9-16(20-17)8-13-7-15(19)11-18(2,3)10-13/h4-7,15-16H,8-11,19H2,1-3H3. The first kappa shape index (κ1) is 13.7. The SMILES string of the molecule is Cc1ccc2c(c1)CC(CC1=CC(N)CC(C)(C)C1)O2. The van der Waals surface area contributed by atoms with Gasteiger partial charge in [-0.1, -0.05) is 43.2 Å². The van der Waals surface area contributed by atoms with Crippen LogP contribution in [-0.4, -0.2) is 12.1 Å². The number of nitrogens with two attached hydrogens (primary N) is 1. The van der Waals surface area contributed by atoms with E-state index in [-0.39, 0.29) is 6.04 Å². The summed E-state index contributed by atoms with van der Waals surface area (Å²) in [5.74, 6) is 1.07.